The second-order valence-electron chi connectivity index (χ2n) is 7.14. The highest BCUT2D eigenvalue weighted by Gasteiger charge is 2.15. The van der Waals surface area contributed by atoms with Crippen molar-refractivity contribution in [1.29, 1.82) is 0 Å². The van der Waals surface area contributed by atoms with Gasteiger partial charge in [0, 0.05) is 24.4 Å². The number of amides is 1. The first kappa shape index (κ1) is 24.7. The van der Waals surface area contributed by atoms with Gasteiger partial charge < -0.3 is 10.1 Å². The molecule has 0 atom stereocenters. The zero-order valence-electron chi connectivity index (χ0n) is 18.5. The normalized spacial score (nSPS) is 11.3. The molecule has 33 heavy (non-hydrogen) atoms. The molecule has 0 bridgehead atoms. The molecule has 0 spiro atoms. The van der Waals surface area contributed by atoms with Crippen molar-refractivity contribution in [2.24, 2.45) is 0 Å². The highest BCUT2D eigenvalue weighted by Crippen LogP contribution is 2.22. The highest BCUT2D eigenvalue weighted by molar-refractivity contribution is 7.99. The number of H-pyrrole nitrogens is 1. The second-order valence-corrected chi connectivity index (χ2v) is 9.97. The third kappa shape index (κ3) is 7.31. The van der Waals surface area contributed by atoms with Gasteiger partial charge in [0.25, 0.3) is 5.91 Å². The lowest BCUT2D eigenvalue weighted by Gasteiger charge is -2.11. The number of aryl methyl sites for hydroxylation is 1. The molecule has 3 rings (SSSR count). The number of aromatic nitrogens is 3. The number of hydrogen-bond acceptors (Lipinski definition) is 7. The fourth-order valence-electron chi connectivity index (χ4n) is 2.83. The van der Waals surface area contributed by atoms with E-state index in [1.807, 2.05) is 37.3 Å². The molecule has 9 nitrogen and oxygen atoms in total. The van der Waals surface area contributed by atoms with Gasteiger partial charge in [0.1, 0.15) is 5.75 Å². The van der Waals surface area contributed by atoms with E-state index in [0.717, 1.165) is 5.56 Å². The Bertz CT molecular complexity index is 1170. The van der Waals surface area contributed by atoms with E-state index in [4.69, 9.17) is 4.74 Å². The van der Waals surface area contributed by atoms with Crippen molar-refractivity contribution < 1.29 is 17.9 Å². The Kier molecular flexibility index (Phi) is 8.87. The van der Waals surface area contributed by atoms with Crippen molar-refractivity contribution in [2.75, 3.05) is 25.4 Å². The van der Waals surface area contributed by atoms with E-state index in [-0.39, 0.29) is 17.4 Å². The molecule has 0 saturated carbocycles. The molecule has 2 aromatic carbocycles. The van der Waals surface area contributed by atoms with Gasteiger partial charge >= 0.3 is 0 Å². The first-order chi connectivity index (χ1) is 15.9. The average molecular weight is 490 g/mol. The van der Waals surface area contributed by atoms with Crippen LogP contribution in [0.3, 0.4) is 0 Å². The first-order valence-corrected chi connectivity index (χ1v) is 13.0. The second kappa shape index (κ2) is 11.8. The zero-order chi connectivity index (χ0) is 23.7. The molecule has 1 heterocycles. The standard InChI is InChI=1S/C22H27N5O4S2/c1-3-11-24-33(29,30)18-9-10-19(16(2)14-18)31-15-20(28)23-12-13-32-22-25-21(26-27-22)17-7-5-4-6-8-17/h4-10,14,24H,3,11-13,15H2,1-2H3,(H,23,28)(H,25,26,27). The van der Waals surface area contributed by atoms with Gasteiger partial charge in [-0.05, 0) is 37.1 Å². The van der Waals surface area contributed by atoms with Gasteiger partial charge in [-0.25, -0.2) is 18.1 Å². The van der Waals surface area contributed by atoms with Crippen LogP contribution in [0, 0.1) is 6.92 Å². The number of carbonyl (C=O) groups excluding carboxylic acids is 1. The molecule has 0 fully saturated rings. The SMILES string of the molecule is CCCNS(=O)(=O)c1ccc(OCC(=O)NCCSc2n[nH]c(-c3ccccc3)n2)c(C)c1. The molecular weight excluding hydrogens is 462 g/mol. The third-order valence-corrected chi connectivity index (χ3v) is 6.83. The summed E-state index contributed by atoms with van der Waals surface area (Å²) >= 11 is 1.43. The van der Waals surface area contributed by atoms with E-state index in [1.165, 1.54) is 23.9 Å². The molecule has 1 amide bonds. The lowest BCUT2D eigenvalue weighted by molar-refractivity contribution is -0.122. The molecule has 1 aromatic heterocycles. The number of nitrogens with zero attached hydrogens (tertiary/aromatic N) is 2. The van der Waals surface area contributed by atoms with Gasteiger partial charge in [0.05, 0.1) is 4.90 Å². The fraction of sp³-hybridized carbons (Fsp3) is 0.318. The summed E-state index contributed by atoms with van der Waals surface area (Å²) in [6, 6.07) is 14.3. The van der Waals surface area contributed by atoms with E-state index in [1.54, 1.807) is 13.0 Å². The number of benzene rings is 2. The van der Waals surface area contributed by atoms with Crippen molar-refractivity contribution in [3.05, 3.63) is 54.1 Å². The van der Waals surface area contributed by atoms with Gasteiger partial charge in [-0.3, -0.25) is 9.89 Å². The highest BCUT2D eigenvalue weighted by atomic mass is 32.2. The van der Waals surface area contributed by atoms with Crippen molar-refractivity contribution in [3.8, 4) is 17.1 Å². The largest absolute Gasteiger partial charge is 0.484 e. The Hall–Kier alpha value is -2.89. The number of sulfonamides is 1. The van der Waals surface area contributed by atoms with Crippen LogP contribution in [0.5, 0.6) is 5.75 Å². The van der Waals surface area contributed by atoms with E-state index < -0.39 is 10.0 Å². The van der Waals surface area contributed by atoms with Gasteiger partial charge in [0.2, 0.25) is 15.2 Å². The van der Waals surface area contributed by atoms with Crippen LogP contribution in [0.1, 0.15) is 18.9 Å². The fourth-order valence-corrected chi connectivity index (χ4v) is 4.71. The Balaban J connectivity index is 1.40. The molecule has 0 unspecified atom stereocenters. The smallest absolute Gasteiger partial charge is 0.257 e. The minimum absolute atomic E-state index is 0.162. The number of thioether (sulfide) groups is 1. The molecule has 11 heteroatoms. The predicted octanol–water partition coefficient (Wildman–Crippen LogP) is 2.76. The summed E-state index contributed by atoms with van der Waals surface area (Å²) in [5, 5.41) is 10.5. The quantitative estimate of drug-likeness (QED) is 0.264. The molecule has 3 N–H and O–H groups in total. The molecule has 0 aliphatic heterocycles. The average Bonchev–Trinajstić information content (AvgIpc) is 3.29. The van der Waals surface area contributed by atoms with Crippen LogP contribution in [-0.4, -0.2) is 55.0 Å². The van der Waals surface area contributed by atoms with Gasteiger partial charge in [-0.2, -0.15) is 0 Å². The maximum atomic E-state index is 12.2. The number of carbonyl (C=O) groups is 1. The molecule has 0 radical (unpaired) electrons. The maximum absolute atomic E-state index is 12.2. The van der Waals surface area contributed by atoms with Crippen molar-refractivity contribution >= 4 is 27.7 Å². The number of nitrogens with one attached hydrogen (secondary N) is 3. The Morgan fingerprint density at radius 3 is 2.67 bits per heavy atom. The summed E-state index contributed by atoms with van der Waals surface area (Å²) < 4.78 is 32.5. The molecule has 0 saturated heterocycles. The number of rotatable bonds is 12. The van der Waals surface area contributed by atoms with Crippen molar-refractivity contribution in [1.82, 2.24) is 25.2 Å². The summed E-state index contributed by atoms with van der Waals surface area (Å²) in [6.45, 7) is 4.28. The van der Waals surface area contributed by atoms with Crippen molar-refractivity contribution in [2.45, 2.75) is 30.3 Å². The summed E-state index contributed by atoms with van der Waals surface area (Å²) in [4.78, 5) is 16.7. The minimum atomic E-state index is -3.54. The van der Waals surface area contributed by atoms with Crippen LogP contribution in [-0.2, 0) is 14.8 Å². The van der Waals surface area contributed by atoms with Crippen LogP contribution in [0.4, 0.5) is 0 Å². The van der Waals surface area contributed by atoms with Crippen molar-refractivity contribution in [3.63, 3.8) is 0 Å². The number of ether oxygens (including phenoxy) is 1. The topological polar surface area (TPSA) is 126 Å². The summed E-state index contributed by atoms with van der Waals surface area (Å²) in [7, 11) is -3.54. The lowest BCUT2D eigenvalue weighted by atomic mass is 10.2. The molecular formula is C22H27N5O4S2. The third-order valence-electron chi connectivity index (χ3n) is 4.53. The van der Waals surface area contributed by atoms with Crippen LogP contribution >= 0.6 is 11.8 Å². The Morgan fingerprint density at radius 2 is 1.94 bits per heavy atom. The molecule has 176 valence electrons. The molecule has 3 aromatic rings. The van der Waals surface area contributed by atoms with Crippen LogP contribution in [0.2, 0.25) is 0 Å². The monoisotopic (exact) mass is 489 g/mol. The van der Waals surface area contributed by atoms with Gasteiger partial charge in [0.15, 0.2) is 12.4 Å². The van der Waals surface area contributed by atoms with Crippen LogP contribution in [0.15, 0.2) is 58.6 Å². The lowest BCUT2D eigenvalue weighted by Crippen LogP contribution is -2.30. The van der Waals surface area contributed by atoms with Gasteiger partial charge in [-0.15, -0.1) is 5.10 Å². The minimum Gasteiger partial charge on any atom is -0.484 e. The Morgan fingerprint density at radius 1 is 1.15 bits per heavy atom. The number of hydrogen-bond donors (Lipinski definition) is 3. The van der Waals surface area contributed by atoms with E-state index >= 15 is 0 Å². The Labute approximate surface area is 197 Å². The number of aromatic amines is 1. The maximum Gasteiger partial charge on any atom is 0.257 e. The summed E-state index contributed by atoms with van der Waals surface area (Å²) in [5.41, 5.74) is 1.59. The predicted molar refractivity (Wildman–Crippen MR) is 128 cm³/mol. The van der Waals surface area contributed by atoms with Crippen LogP contribution in [0.25, 0.3) is 11.4 Å². The van der Waals surface area contributed by atoms with E-state index in [0.29, 0.717) is 47.6 Å². The summed E-state index contributed by atoms with van der Waals surface area (Å²) in [6.07, 6.45) is 0.708. The van der Waals surface area contributed by atoms with E-state index in [2.05, 4.69) is 25.2 Å². The molecule has 0 aliphatic carbocycles. The zero-order valence-corrected chi connectivity index (χ0v) is 20.1. The summed E-state index contributed by atoms with van der Waals surface area (Å²) in [5.74, 6) is 1.50. The van der Waals surface area contributed by atoms with E-state index in [9.17, 15) is 13.2 Å². The first-order valence-electron chi connectivity index (χ1n) is 10.5. The van der Waals surface area contributed by atoms with Crippen LogP contribution < -0.4 is 14.8 Å². The van der Waals surface area contributed by atoms with Gasteiger partial charge in [-0.1, -0.05) is 49.0 Å². The molecule has 0 aliphatic rings.